The number of piperidine rings is 1. The van der Waals surface area contributed by atoms with Crippen LogP contribution in [-0.2, 0) is 0 Å². The Balaban J connectivity index is 2.17. The minimum Gasteiger partial charge on any atom is -0.388 e. The summed E-state index contributed by atoms with van der Waals surface area (Å²) in [5.74, 6) is 0. The Morgan fingerprint density at radius 3 is 2.47 bits per heavy atom. The third-order valence-corrected chi connectivity index (χ3v) is 3.37. The molecule has 1 saturated heterocycles. The highest BCUT2D eigenvalue weighted by Gasteiger charge is 2.30. The lowest BCUT2D eigenvalue weighted by Crippen LogP contribution is -2.49. The van der Waals surface area contributed by atoms with Crippen molar-refractivity contribution in [3.8, 4) is 0 Å². The van der Waals surface area contributed by atoms with E-state index in [2.05, 4.69) is 17.1 Å². The monoisotopic (exact) mass is 214 g/mol. The average Bonchev–Trinajstić information content (AvgIpc) is 2.22. The number of rotatable bonds is 6. The van der Waals surface area contributed by atoms with Gasteiger partial charge >= 0.3 is 0 Å². The molecule has 0 bridgehead atoms. The van der Waals surface area contributed by atoms with E-state index in [0.717, 1.165) is 32.5 Å². The van der Waals surface area contributed by atoms with Gasteiger partial charge in [0, 0.05) is 19.6 Å². The van der Waals surface area contributed by atoms with Crippen LogP contribution >= 0.6 is 0 Å². The molecule has 3 heteroatoms. The van der Waals surface area contributed by atoms with Gasteiger partial charge in [0.15, 0.2) is 0 Å². The maximum Gasteiger partial charge on any atom is 0.0795 e. The predicted octanol–water partition coefficient (Wildman–Crippen LogP) is 1.22. The lowest BCUT2D eigenvalue weighted by Gasteiger charge is -2.38. The second-order valence-electron chi connectivity index (χ2n) is 4.80. The van der Waals surface area contributed by atoms with Gasteiger partial charge in [-0.1, -0.05) is 19.8 Å². The lowest BCUT2D eigenvalue weighted by atomic mass is 9.91. The Bertz CT molecular complexity index is 165. The van der Waals surface area contributed by atoms with Gasteiger partial charge in [-0.3, -0.25) is 0 Å². The fourth-order valence-corrected chi connectivity index (χ4v) is 2.28. The van der Waals surface area contributed by atoms with Gasteiger partial charge in [-0.25, -0.2) is 0 Å². The summed E-state index contributed by atoms with van der Waals surface area (Å²) < 4.78 is 0. The molecule has 0 saturated carbocycles. The zero-order chi connectivity index (χ0) is 11.1. The fraction of sp³-hybridized carbons (Fsp3) is 1.00. The summed E-state index contributed by atoms with van der Waals surface area (Å²) in [5, 5.41) is 13.2. The molecule has 0 radical (unpaired) electrons. The first-order valence-corrected chi connectivity index (χ1v) is 6.29. The Morgan fingerprint density at radius 2 is 1.93 bits per heavy atom. The lowest BCUT2D eigenvalue weighted by molar-refractivity contribution is -0.0187. The summed E-state index contributed by atoms with van der Waals surface area (Å²) in [6.07, 6.45) is 5.76. The van der Waals surface area contributed by atoms with Crippen molar-refractivity contribution < 1.29 is 5.11 Å². The van der Waals surface area contributed by atoms with Crippen molar-refractivity contribution in [1.82, 2.24) is 10.2 Å². The first-order chi connectivity index (χ1) is 7.20. The minimum absolute atomic E-state index is 0.448. The van der Waals surface area contributed by atoms with E-state index in [1.807, 2.05) is 7.05 Å². The van der Waals surface area contributed by atoms with Gasteiger partial charge in [0.1, 0.15) is 0 Å². The van der Waals surface area contributed by atoms with Crippen LogP contribution in [0, 0.1) is 0 Å². The first kappa shape index (κ1) is 12.9. The molecule has 90 valence electrons. The van der Waals surface area contributed by atoms with E-state index in [0.29, 0.717) is 0 Å². The highest BCUT2D eigenvalue weighted by atomic mass is 16.3. The smallest absolute Gasteiger partial charge is 0.0795 e. The number of unbranched alkanes of at least 4 members (excludes halogenated alkanes) is 2. The quantitative estimate of drug-likeness (QED) is 0.653. The number of hydrogen-bond donors (Lipinski definition) is 2. The van der Waals surface area contributed by atoms with E-state index in [1.54, 1.807) is 0 Å². The van der Waals surface area contributed by atoms with Gasteiger partial charge in [-0.2, -0.15) is 0 Å². The van der Waals surface area contributed by atoms with Crippen molar-refractivity contribution in [2.45, 2.75) is 44.6 Å². The second-order valence-corrected chi connectivity index (χ2v) is 4.80. The summed E-state index contributed by atoms with van der Waals surface area (Å²) in [4.78, 5) is 2.49. The van der Waals surface area contributed by atoms with Crippen molar-refractivity contribution in [2.24, 2.45) is 0 Å². The molecule has 15 heavy (non-hydrogen) atoms. The molecule has 0 atom stereocenters. The maximum atomic E-state index is 10.2. The van der Waals surface area contributed by atoms with Gasteiger partial charge in [0.2, 0.25) is 0 Å². The molecule has 0 aromatic carbocycles. The molecule has 2 N–H and O–H groups in total. The van der Waals surface area contributed by atoms with E-state index in [4.69, 9.17) is 0 Å². The molecule has 1 rings (SSSR count). The number of nitrogens with zero attached hydrogens (tertiary/aromatic N) is 1. The molecule has 0 aliphatic carbocycles. The zero-order valence-electron chi connectivity index (χ0n) is 10.3. The fourth-order valence-electron chi connectivity index (χ4n) is 2.28. The Hall–Kier alpha value is -0.120. The van der Waals surface area contributed by atoms with E-state index in [-0.39, 0.29) is 0 Å². The molecule has 1 heterocycles. The van der Waals surface area contributed by atoms with Crippen LogP contribution in [0.3, 0.4) is 0 Å². The number of hydrogen-bond acceptors (Lipinski definition) is 3. The summed E-state index contributed by atoms with van der Waals surface area (Å²) in [6.45, 7) is 6.30. The minimum atomic E-state index is -0.448. The third kappa shape index (κ3) is 4.49. The predicted molar refractivity (Wildman–Crippen MR) is 64.1 cm³/mol. The Morgan fingerprint density at radius 1 is 1.27 bits per heavy atom. The Kier molecular flexibility index (Phi) is 5.58. The number of nitrogens with one attached hydrogen (secondary N) is 1. The number of likely N-dealkylation sites (N-methyl/N-ethyl adjacent to an activating group) is 1. The summed E-state index contributed by atoms with van der Waals surface area (Å²) in [6, 6.07) is 0. The van der Waals surface area contributed by atoms with E-state index in [9.17, 15) is 5.11 Å². The molecule has 0 unspecified atom stereocenters. The highest BCUT2D eigenvalue weighted by molar-refractivity contribution is 4.87. The van der Waals surface area contributed by atoms with Crippen molar-refractivity contribution in [3.05, 3.63) is 0 Å². The summed E-state index contributed by atoms with van der Waals surface area (Å²) in [7, 11) is 1.91. The summed E-state index contributed by atoms with van der Waals surface area (Å²) >= 11 is 0. The van der Waals surface area contributed by atoms with E-state index < -0.39 is 5.60 Å². The standard InChI is InChI=1S/C12H26N2O/c1-3-4-5-8-14-9-6-12(15,7-10-14)11-13-2/h13,15H,3-11H2,1-2H3. The van der Waals surface area contributed by atoms with Crippen molar-refractivity contribution in [1.29, 1.82) is 0 Å². The molecule has 1 fully saturated rings. The topological polar surface area (TPSA) is 35.5 Å². The molecule has 3 nitrogen and oxygen atoms in total. The molecular weight excluding hydrogens is 188 g/mol. The van der Waals surface area contributed by atoms with E-state index in [1.165, 1.54) is 25.8 Å². The van der Waals surface area contributed by atoms with Crippen LogP contribution < -0.4 is 5.32 Å². The van der Waals surface area contributed by atoms with Crippen LogP contribution in [-0.4, -0.2) is 48.8 Å². The van der Waals surface area contributed by atoms with Gasteiger partial charge in [0.25, 0.3) is 0 Å². The number of likely N-dealkylation sites (tertiary alicyclic amines) is 1. The normalized spacial score (nSPS) is 21.8. The van der Waals surface area contributed by atoms with E-state index >= 15 is 0 Å². The second kappa shape index (κ2) is 6.46. The van der Waals surface area contributed by atoms with Crippen molar-refractivity contribution in [3.63, 3.8) is 0 Å². The number of aliphatic hydroxyl groups is 1. The molecule has 1 aliphatic heterocycles. The molecule has 0 amide bonds. The van der Waals surface area contributed by atoms with Crippen LogP contribution in [0.4, 0.5) is 0 Å². The average molecular weight is 214 g/mol. The van der Waals surface area contributed by atoms with Crippen molar-refractivity contribution >= 4 is 0 Å². The Labute approximate surface area is 93.9 Å². The third-order valence-electron chi connectivity index (χ3n) is 3.37. The molecular formula is C12H26N2O. The van der Waals surface area contributed by atoms with Crippen LogP contribution in [0.2, 0.25) is 0 Å². The maximum absolute atomic E-state index is 10.2. The van der Waals surface area contributed by atoms with Crippen LogP contribution in [0.5, 0.6) is 0 Å². The largest absolute Gasteiger partial charge is 0.388 e. The first-order valence-electron chi connectivity index (χ1n) is 6.29. The van der Waals surface area contributed by atoms with Gasteiger partial charge in [0.05, 0.1) is 5.60 Å². The van der Waals surface area contributed by atoms with Gasteiger partial charge in [-0.05, 0) is 32.9 Å². The van der Waals surface area contributed by atoms with Crippen molar-refractivity contribution in [2.75, 3.05) is 33.2 Å². The zero-order valence-corrected chi connectivity index (χ0v) is 10.3. The molecule has 1 aliphatic rings. The van der Waals surface area contributed by atoms with Crippen LogP contribution in [0.1, 0.15) is 39.0 Å². The SMILES string of the molecule is CCCCCN1CCC(O)(CNC)CC1. The molecule has 0 aromatic rings. The highest BCUT2D eigenvalue weighted by Crippen LogP contribution is 2.21. The van der Waals surface area contributed by atoms with Crippen LogP contribution in [0.25, 0.3) is 0 Å². The molecule has 0 spiro atoms. The van der Waals surface area contributed by atoms with Gasteiger partial charge in [-0.15, -0.1) is 0 Å². The van der Waals surface area contributed by atoms with Crippen LogP contribution in [0.15, 0.2) is 0 Å². The van der Waals surface area contributed by atoms with Gasteiger partial charge < -0.3 is 15.3 Å². The molecule has 0 aromatic heterocycles. The summed E-state index contributed by atoms with van der Waals surface area (Å²) in [5.41, 5.74) is -0.448.